The predicted octanol–water partition coefficient (Wildman–Crippen LogP) is 2.97. The van der Waals surface area contributed by atoms with Gasteiger partial charge in [0.05, 0.1) is 0 Å². The number of rotatable bonds is 4. The van der Waals surface area contributed by atoms with E-state index in [4.69, 9.17) is 22.3 Å². The molecule has 0 heterocycles. The summed E-state index contributed by atoms with van der Waals surface area (Å²) in [7, 11) is 0. The SMILES string of the molecule is Cl.Cl.N=C(N)c1ccc(/C=C\c2ccc(C(=N)N)cc2O)cc1. The molecule has 0 atom stereocenters. The van der Waals surface area contributed by atoms with Gasteiger partial charge in [0.25, 0.3) is 0 Å². The zero-order valence-corrected chi connectivity index (χ0v) is 13.7. The lowest BCUT2D eigenvalue weighted by Gasteiger charge is -2.03. The van der Waals surface area contributed by atoms with E-state index in [2.05, 4.69) is 0 Å². The maximum atomic E-state index is 9.89. The summed E-state index contributed by atoms with van der Waals surface area (Å²) in [5.74, 6) is 0.0166. The van der Waals surface area contributed by atoms with Crippen LogP contribution in [0, 0.1) is 10.8 Å². The molecule has 2 aromatic rings. The molecule has 0 radical (unpaired) electrons. The number of amidine groups is 2. The third kappa shape index (κ3) is 5.32. The number of phenolic OH excluding ortho intramolecular Hbond substituents is 1. The van der Waals surface area contributed by atoms with E-state index in [1.165, 1.54) is 6.07 Å². The van der Waals surface area contributed by atoms with Crippen LogP contribution in [0.4, 0.5) is 0 Å². The number of phenols is 1. The van der Waals surface area contributed by atoms with Crippen LogP contribution < -0.4 is 11.5 Å². The Kier molecular flexibility index (Phi) is 7.87. The zero-order chi connectivity index (χ0) is 15.4. The van der Waals surface area contributed by atoms with Crippen molar-refractivity contribution >= 4 is 48.6 Å². The molecule has 0 saturated carbocycles. The number of nitrogens with one attached hydrogen (secondary N) is 2. The Labute approximate surface area is 146 Å². The Hall–Kier alpha value is -2.50. The van der Waals surface area contributed by atoms with Crippen LogP contribution in [0.2, 0.25) is 0 Å². The first-order valence-electron chi connectivity index (χ1n) is 6.27. The van der Waals surface area contributed by atoms with Crippen LogP contribution in [0.15, 0.2) is 42.5 Å². The fraction of sp³-hybridized carbons (Fsp3) is 0. The molecule has 0 unspecified atom stereocenters. The summed E-state index contributed by atoms with van der Waals surface area (Å²) in [6, 6.07) is 12.1. The predicted molar refractivity (Wildman–Crippen MR) is 100 cm³/mol. The van der Waals surface area contributed by atoms with Crippen molar-refractivity contribution in [1.82, 2.24) is 0 Å². The van der Waals surface area contributed by atoms with Crippen molar-refractivity contribution in [2.75, 3.05) is 0 Å². The van der Waals surface area contributed by atoms with Crippen LogP contribution in [0.1, 0.15) is 22.3 Å². The summed E-state index contributed by atoms with van der Waals surface area (Å²) >= 11 is 0. The van der Waals surface area contributed by atoms with E-state index >= 15 is 0 Å². The summed E-state index contributed by atoms with van der Waals surface area (Å²) in [6.07, 6.45) is 3.61. The number of nitrogen functional groups attached to an aromatic ring is 2. The second-order valence-corrected chi connectivity index (χ2v) is 4.56. The second kappa shape index (κ2) is 8.82. The van der Waals surface area contributed by atoms with Crippen molar-refractivity contribution in [2.24, 2.45) is 11.5 Å². The lowest BCUT2D eigenvalue weighted by atomic mass is 10.1. The normalized spacial score (nSPS) is 9.74. The van der Waals surface area contributed by atoms with Gasteiger partial charge in [-0.2, -0.15) is 0 Å². The maximum absolute atomic E-state index is 9.89. The number of hydrogen-bond donors (Lipinski definition) is 5. The topological polar surface area (TPSA) is 120 Å². The van der Waals surface area contributed by atoms with Gasteiger partial charge in [0.15, 0.2) is 0 Å². The fourth-order valence-corrected chi connectivity index (χ4v) is 1.81. The highest BCUT2D eigenvalue weighted by atomic mass is 35.5. The first kappa shape index (κ1) is 20.5. The smallest absolute Gasteiger partial charge is 0.123 e. The quantitative estimate of drug-likeness (QED) is 0.330. The fourth-order valence-electron chi connectivity index (χ4n) is 1.81. The van der Waals surface area contributed by atoms with Gasteiger partial charge < -0.3 is 16.6 Å². The number of hydrogen-bond acceptors (Lipinski definition) is 3. The Balaban J connectivity index is 0.00000242. The van der Waals surface area contributed by atoms with E-state index in [9.17, 15) is 5.11 Å². The highest BCUT2D eigenvalue weighted by Gasteiger charge is 2.02. The van der Waals surface area contributed by atoms with E-state index in [0.717, 1.165) is 5.56 Å². The molecule has 0 saturated heterocycles. The summed E-state index contributed by atoms with van der Waals surface area (Å²) in [6.45, 7) is 0. The van der Waals surface area contributed by atoms with Gasteiger partial charge in [0.1, 0.15) is 17.4 Å². The number of aromatic hydroxyl groups is 1. The second-order valence-electron chi connectivity index (χ2n) is 4.56. The minimum Gasteiger partial charge on any atom is -0.507 e. The number of nitrogens with two attached hydrogens (primary N) is 2. The molecule has 122 valence electrons. The zero-order valence-electron chi connectivity index (χ0n) is 12.1. The first-order chi connectivity index (χ1) is 9.97. The molecule has 23 heavy (non-hydrogen) atoms. The van der Waals surface area contributed by atoms with Gasteiger partial charge in [0, 0.05) is 16.7 Å². The maximum Gasteiger partial charge on any atom is 0.123 e. The summed E-state index contributed by atoms with van der Waals surface area (Å²) in [5, 5.41) is 24.5. The van der Waals surface area contributed by atoms with Crippen molar-refractivity contribution in [3.63, 3.8) is 0 Å². The van der Waals surface area contributed by atoms with Crippen LogP contribution >= 0.6 is 24.8 Å². The van der Waals surface area contributed by atoms with E-state index in [1.807, 2.05) is 18.2 Å². The molecule has 0 aliphatic rings. The average molecular weight is 353 g/mol. The lowest BCUT2D eigenvalue weighted by molar-refractivity contribution is 0.474. The Morgan fingerprint density at radius 1 is 0.826 bits per heavy atom. The molecule has 0 aliphatic carbocycles. The van der Waals surface area contributed by atoms with Gasteiger partial charge in [0.2, 0.25) is 0 Å². The summed E-state index contributed by atoms with van der Waals surface area (Å²) in [4.78, 5) is 0. The van der Waals surface area contributed by atoms with Crippen molar-refractivity contribution in [3.05, 3.63) is 64.7 Å². The largest absolute Gasteiger partial charge is 0.507 e. The minimum atomic E-state index is -0.0827. The molecule has 0 bridgehead atoms. The average Bonchev–Trinajstić information content (AvgIpc) is 2.46. The number of benzene rings is 2. The van der Waals surface area contributed by atoms with Gasteiger partial charge in [-0.05, 0) is 11.6 Å². The van der Waals surface area contributed by atoms with Gasteiger partial charge in [-0.1, -0.05) is 48.6 Å². The summed E-state index contributed by atoms with van der Waals surface area (Å²) < 4.78 is 0. The van der Waals surface area contributed by atoms with E-state index in [1.54, 1.807) is 30.3 Å². The molecular formula is C16H18Cl2N4O. The van der Waals surface area contributed by atoms with Crippen LogP contribution in [-0.4, -0.2) is 16.8 Å². The van der Waals surface area contributed by atoms with E-state index < -0.39 is 0 Å². The van der Waals surface area contributed by atoms with Crippen molar-refractivity contribution in [3.8, 4) is 5.75 Å². The van der Waals surface area contributed by atoms with Gasteiger partial charge in [-0.15, -0.1) is 24.8 Å². The van der Waals surface area contributed by atoms with Gasteiger partial charge >= 0.3 is 0 Å². The van der Waals surface area contributed by atoms with Crippen molar-refractivity contribution in [2.45, 2.75) is 0 Å². The molecule has 2 rings (SSSR count). The monoisotopic (exact) mass is 352 g/mol. The third-order valence-corrected chi connectivity index (χ3v) is 3.02. The van der Waals surface area contributed by atoms with Gasteiger partial charge in [-0.3, -0.25) is 10.8 Å². The molecule has 5 nitrogen and oxygen atoms in total. The van der Waals surface area contributed by atoms with Gasteiger partial charge in [-0.25, -0.2) is 0 Å². The Bertz CT molecular complexity index is 727. The summed E-state index contributed by atoms with van der Waals surface area (Å²) in [5.41, 5.74) is 13.5. The Morgan fingerprint density at radius 3 is 1.83 bits per heavy atom. The van der Waals surface area contributed by atoms with E-state index in [0.29, 0.717) is 16.7 Å². The Morgan fingerprint density at radius 2 is 1.35 bits per heavy atom. The van der Waals surface area contributed by atoms with Crippen molar-refractivity contribution < 1.29 is 5.11 Å². The standard InChI is InChI=1S/C16H16N4O.2ClH/c17-15(18)12-5-2-10(3-6-12)1-4-11-7-8-13(16(19)20)9-14(11)21;;/h1-9,21H,(H3,17,18)(H3,19,20);2*1H/b4-1-;;. The highest BCUT2D eigenvalue weighted by Crippen LogP contribution is 2.21. The molecule has 0 spiro atoms. The molecular weight excluding hydrogens is 335 g/mol. The molecule has 2 aromatic carbocycles. The highest BCUT2D eigenvalue weighted by molar-refractivity contribution is 5.96. The number of halogens is 2. The molecule has 7 heteroatoms. The lowest BCUT2D eigenvalue weighted by Crippen LogP contribution is -2.10. The van der Waals surface area contributed by atoms with E-state index in [-0.39, 0.29) is 42.2 Å². The van der Waals surface area contributed by atoms with Crippen LogP contribution in [0.25, 0.3) is 12.2 Å². The molecule has 0 amide bonds. The van der Waals surface area contributed by atoms with Crippen LogP contribution in [0.5, 0.6) is 5.75 Å². The molecule has 0 fully saturated rings. The third-order valence-electron chi connectivity index (χ3n) is 3.02. The minimum absolute atomic E-state index is 0. The van der Waals surface area contributed by atoms with Crippen molar-refractivity contribution in [1.29, 1.82) is 10.8 Å². The van der Waals surface area contributed by atoms with Crippen LogP contribution in [0.3, 0.4) is 0 Å². The first-order valence-corrected chi connectivity index (χ1v) is 6.27. The molecule has 0 aliphatic heterocycles. The van der Waals surface area contributed by atoms with Crippen LogP contribution in [-0.2, 0) is 0 Å². The molecule has 7 N–H and O–H groups in total. The molecule has 0 aromatic heterocycles.